The molecule has 0 atom stereocenters. The summed E-state index contributed by atoms with van der Waals surface area (Å²) in [6, 6.07) is 6.41. The van der Waals surface area contributed by atoms with Crippen LogP contribution < -0.4 is 0 Å². The number of benzene rings is 1. The summed E-state index contributed by atoms with van der Waals surface area (Å²) < 4.78 is 38.4. The van der Waals surface area contributed by atoms with Crippen LogP contribution in [0, 0.1) is 0 Å². The van der Waals surface area contributed by atoms with Crippen LogP contribution in [-0.2, 0) is 6.18 Å². The van der Waals surface area contributed by atoms with E-state index in [2.05, 4.69) is 4.98 Å². The fourth-order valence-corrected chi connectivity index (χ4v) is 1.71. The van der Waals surface area contributed by atoms with Crippen molar-refractivity contribution in [1.29, 1.82) is 0 Å². The van der Waals surface area contributed by atoms with Gasteiger partial charge in [-0.2, -0.15) is 13.2 Å². The number of carbonyl (C=O) groups is 1. The highest BCUT2D eigenvalue weighted by Crippen LogP contribution is 2.32. The molecular weight excluding hydrogens is 279 g/mol. The van der Waals surface area contributed by atoms with Crippen molar-refractivity contribution >= 4 is 17.4 Å². The SMILES string of the molecule is O=C(c1ccc(Cl)cc1)c1cnccc1C(F)(F)F. The van der Waals surface area contributed by atoms with Crippen LogP contribution in [0.1, 0.15) is 21.5 Å². The van der Waals surface area contributed by atoms with E-state index in [0.717, 1.165) is 18.5 Å². The molecule has 0 spiro atoms. The third-order valence-corrected chi connectivity index (χ3v) is 2.73. The minimum absolute atomic E-state index is 0.128. The summed E-state index contributed by atoms with van der Waals surface area (Å²) in [5.74, 6) is -0.739. The molecule has 1 heterocycles. The monoisotopic (exact) mass is 285 g/mol. The van der Waals surface area contributed by atoms with Crippen LogP contribution in [0.5, 0.6) is 0 Å². The van der Waals surface area contributed by atoms with Gasteiger partial charge in [0.1, 0.15) is 0 Å². The summed E-state index contributed by atoms with van der Waals surface area (Å²) in [6.07, 6.45) is -2.68. The summed E-state index contributed by atoms with van der Waals surface area (Å²) in [7, 11) is 0. The predicted molar refractivity (Wildman–Crippen MR) is 64.1 cm³/mol. The largest absolute Gasteiger partial charge is 0.417 e. The van der Waals surface area contributed by atoms with Gasteiger partial charge in [-0.3, -0.25) is 9.78 Å². The molecule has 0 fully saturated rings. The maximum absolute atomic E-state index is 12.8. The van der Waals surface area contributed by atoms with Gasteiger partial charge in [-0.05, 0) is 30.3 Å². The van der Waals surface area contributed by atoms with Crippen molar-refractivity contribution in [2.45, 2.75) is 6.18 Å². The number of hydrogen-bond acceptors (Lipinski definition) is 2. The van der Waals surface area contributed by atoms with Crippen molar-refractivity contribution in [2.75, 3.05) is 0 Å². The molecule has 1 aromatic carbocycles. The molecule has 0 saturated carbocycles. The van der Waals surface area contributed by atoms with Crippen LogP contribution in [0.25, 0.3) is 0 Å². The molecule has 0 amide bonds. The number of nitrogens with zero attached hydrogens (tertiary/aromatic N) is 1. The number of alkyl halides is 3. The number of aromatic nitrogens is 1. The zero-order valence-electron chi connectivity index (χ0n) is 9.41. The first-order chi connectivity index (χ1) is 8.89. The Morgan fingerprint density at radius 3 is 2.32 bits per heavy atom. The van der Waals surface area contributed by atoms with E-state index in [9.17, 15) is 18.0 Å². The number of hydrogen-bond donors (Lipinski definition) is 0. The molecule has 0 N–H and O–H groups in total. The van der Waals surface area contributed by atoms with Gasteiger partial charge in [0.25, 0.3) is 0 Å². The highest BCUT2D eigenvalue weighted by atomic mass is 35.5. The molecule has 6 heteroatoms. The Kier molecular flexibility index (Phi) is 3.57. The molecule has 98 valence electrons. The van der Waals surface area contributed by atoms with Crippen LogP contribution in [0.15, 0.2) is 42.7 Å². The molecule has 0 radical (unpaired) electrons. The molecule has 2 rings (SSSR count). The topological polar surface area (TPSA) is 30.0 Å². The average Bonchev–Trinajstić information content (AvgIpc) is 2.38. The summed E-state index contributed by atoms with van der Waals surface area (Å²) in [4.78, 5) is 15.6. The molecule has 2 nitrogen and oxygen atoms in total. The Labute approximate surface area is 111 Å². The lowest BCUT2D eigenvalue weighted by molar-refractivity contribution is -0.137. The molecule has 1 aromatic heterocycles. The van der Waals surface area contributed by atoms with E-state index >= 15 is 0 Å². The number of halogens is 4. The predicted octanol–water partition coefficient (Wildman–Crippen LogP) is 3.98. The number of rotatable bonds is 2. The molecule has 0 unspecified atom stereocenters. The number of carbonyl (C=O) groups excluding carboxylic acids is 1. The van der Waals surface area contributed by atoms with E-state index in [-0.39, 0.29) is 5.56 Å². The van der Waals surface area contributed by atoms with Gasteiger partial charge in [-0.1, -0.05) is 11.6 Å². The maximum Gasteiger partial charge on any atom is 0.417 e. The van der Waals surface area contributed by atoms with Crippen LogP contribution in [0.3, 0.4) is 0 Å². The van der Waals surface area contributed by atoms with Gasteiger partial charge in [0.15, 0.2) is 5.78 Å². The van der Waals surface area contributed by atoms with Crippen molar-refractivity contribution in [3.8, 4) is 0 Å². The van der Waals surface area contributed by atoms with E-state index in [1.165, 1.54) is 24.3 Å². The van der Waals surface area contributed by atoms with Gasteiger partial charge in [0.2, 0.25) is 0 Å². The Balaban J connectivity index is 2.48. The Morgan fingerprint density at radius 2 is 1.74 bits per heavy atom. The molecule has 2 aromatic rings. The Bertz CT molecular complexity index is 608. The van der Waals surface area contributed by atoms with E-state index in [4.69, 9.17) is 11.6 Å². The Hall–Kier alpha value is -1.88. The van der Waals surface area contributed by atoms with Crippen molar-refractivity contribution in [3.05, 3.63) is 64.4 Å². The summed E-state index contributed by atoms with van der Waals surface area (Å²) in [6.45, 7) is 0. The first kappa shape index (κ1) is 13.5. The smallest absolute Gasteiger partial charge is 0.289 e. The standard InChI is InChI=1S/C13H7ClF3NO/c14-9-3-1-8(2-4-9)12(19)10-7-18-6-5-11(10)13(15,16)17/h1-7H. The van der Waals surface area contributed by atoms with Gasteiger partial charge in [-0.25, -0.2) is 0 Å². The van der Waals surface area contributed by atoms with Crippen LogP contribution in [0.2, 0.25) is 5.02 Å². The second-order valence-electron chi connectivity index (χ2n) is 3.76. The molecular formula is C13H7ClF3NO. The lowest BCUT2D eigenvalue weighted by atomic mass is 10.0. The second-order valence-corrected chi connectivity index (χ2v) is 4.19. The minimum atomic E-state index is -4.60. The first-order valence-corrected chi connectivity index (χ1v) is 5.59. The zero-order valence-corrected chi connectivity index (χ0v) is 10.2. The molecule has 0 saturated heterocycles. The van der Waals surface area contributed by atoms with Crippen molar-refractivity contribution in [2.24, 2.45) is 0 Å². The molecule has 0 aliphatic carbocycles. The van der Waals surface area contributed by atoms with Crippen molar-refractivity contribution < 1.29 is 18.0 Å². The van der Waals surface area contributed by atoms with Crippen LogP contribution >= 0.6 is 11.6 Å². The summed E-state index contributed by atoms with van der Waals surface area (Å²) in [5, 5.41) is 0.402. The fraction of sp³-hybridized carbons (Fsp3) is 0.0769. The van der Waals surface area contributed by atoms with E-state index in [0.29, 0.717) is 5.02 Å². The Morgan fingerprint density at radius 1 is 1.11 bits per heavy atom. The normalized spacial score (nSPS) is 11.4. The van der Waals surface area contributed by atoms with Gasteiger partial charge < -0.3 is 0 Å². The van der Waals surface area contributed by atoms with Crippen LogP contribution in [-0.4, -0.2) is 10.8 Å². The fourth-order valence-electron chi connectivity index (χ4n) is 1.58. The minimum Gasteiger partial charge on any atom is -0.289 e. The second kappa shape index (κ2) is 5.01. The third kappa shape index (κ3) is 2.93. The molecule has 0 aliphatic heterocycles. The summed E-state index contributed by atoms with van der Waals surface area (Å²) >= 11 is 5.66. The zero-order chi connectivity index (χ0) is 14.0. The van der Waals surface area contributed by atoms with Crippen molar-refractivity contribution in [3.63, 3.8) is 0 Å². The van der Waals surface area contributed by atoms with Crippen molar-refractivity contribution in [1.82, 2.24) is 4.98 Å². The highest BCUT2D eigenvalue weighted by Gasteiger charge is 2.35. The van der Waals surface area contributed by atoms with E-state index in [1.807, 2.05) is 0 Å². The highest BCUT2D eigenvalue weighted by molar-refractivity contribution is 6.30. The van der Waals surface area contributed by atoms with E-state index in [1.54, 1.807) is 0 Å². The quantitative estimate of drug-likeness (QED) is 0.781. The van der Waals surface area contributed by atoms with E-state index < -0.39 is 23.1 Å². The lowest BCUT2D eigenvalue weighted by Gasteiger charge is -2.11. The first-order valence-electron chi connectivity index (χ1n) is 5.21. The van der Waals surface area contributed by atoms with Gasteiger partial charge in [0.05, 0.1) is 11.1 Å². The molecule has 0 aliphatic rings. The van der Waals surface area contributed by atoms with Gasteiger partial charge in [-0.15, -0.1) is 0 Å². The number of pyridine rings is 1. The van der Waals surface area contributed by atoms with Crippen LogP contribution in [0.4, 0.5) is 13.2 Å². The third-order valence-electron chi connectivity index (χ3n) is 2.48. The summed E-state index contributed by atoms with van der Waals surface area (Å²) in [5.41, 5.74) is -1.34. The maximum atomic E-state index is 12.8. The molecule has 19 heavy (non-hydrogen) atoms. The number of ketones is 1. The van der Waals surface area contributed by atoms with Gasteiger partial charge >= 0.3 is 6.18 Å². The van der Waals surface area contributed by atoms with Gasteiger partial charge in [0, 0.05) is 23.0 Å². The molecule has 0 bridgehead atoms. The lowest BCUT2D eigenvalue weighted by Crippen LogP contribution is -2.14. The average molecular weight is 286 g/mol.